The SMILES string of the molecule is CC.CNCc1ccncn1. The molecule has 1 heterocycles. The van der Waals surface area contributed by atoms with Crippen molar-refractivity contribution in [3.63, 3.8) is 0 Å². The zero-order valence-corrected chi connectivity index (χ0v) is 7.33. The molecule has 11 heavy (non-hydrogen) atoms. The van der Waals surface area contributed by atoms with E-state index in [1.807, 2.05) is 27.0 Å². The van der Waals surface area contributed by atoms with Crippen LogP contribution in [-0.2, 0) is 6.54 Å². The van der Waals surface area contributed by atoms with Crippen LogP contribution >= 0.6 is 0 Å². The molecule has 0 aromatic carbocycles. The molecular weight excluding hydrogens is 138 g/mol. The monoisotopic (exact) mass is 153 g/mol. The Hall–Kier alpha value is -0.960. The number of nitrogens with zero attached hydrogens (tertiary/aromatic N) is 2. The molecule has 0 amide bonds. The van der Waals surface area contributed by atoms with E-state index in [1.54, 1.807) is 12.5 Å². The van der Waals surface area contributed by atoms with E-state index in [1.165, 1.54) is 0 Å². The van der Waals surface area contributed by atoms with Gasteiger partial charge >= 0.3 is 0 Å². The Kier molecular flexibility index (Phi) is 6.53. The lowest BCUT2D eigenvalue weighted by molar-refractivity contribution is 0.786. The molecule has 0 atom stereocenters. The molecule has 0 unspecified atom stereocenters. The summed E-state index contributed by atoms with van der Waals surface area (Å²) in [5, 5.41) is 2.99. The van der Waals surface area contributed by atoms with Crippen LogP contribution in [0.4, 0.5) is 0 Å². The van der Waals surface area contributed by atoms with E-state index >= 15 is 0 Å². The Labute approximate surface area is 67.9 Å². The second-order valence-corrected chi connectivity index (χ2v) is 1.73. The van der Waals surface area contributed by atoms with E-state index in [-0.39, 0.29) is 0 Å². The second-order valence-electron chi connectivity index (χ2n) is 1.73. The van der Waals surface area contributed by atoms with Crippen molar-refractivity contribution in [1.29, 1.82) is 0 Å². The van der Waals surface area contributed by atoms with Crippen molar-refractivity contribution in [2.45, 2.75) is 20.4 Å². The van der Waals surface area contributed by atoms with Crippen molar-refractivity contribution < 1.29 is 0 Å². The molecule has 0 fully saturated rings. The minimum Gasteiger partial charge on any atom is -0.314 e. The van der Waals surface area contributed by atoms with Gasteiger partial charge in [0.15, 0.2) is 0 Å². The van der Waals surface area contributed by atoms with Gasteiger partial charge in [0.2, 0.25) is 0 Å². The van der Waals surface area contributed by atoms with Crippen LogP contribution in [0.5, 0.6) is 0 Å². The molecule has 1 aromatic heterocycles. The summed E-state index contributed by atoms with van der Waals surface area (Å²) in [5.74, 6) is 0. The maximum Gasteiger partial charge on any atom is 0.115 e. The molecule has 1 aromatic rings. The number of hydrogen-bond donors (Lipinski definition) is 1. The number of hydrogen-bond acceptors (Lipinski definition) is 3. The van der Waals surface area contributed by atoms with Crippen molar-refractivity contribution in [3.8, 4) is 0 Å². The number of nitrogens with one attached hydrogen (secondary N) is 1. The van der Waals surface area contributed by atoms with Gasteiger partial charge in [-0.05, 0) is 13.1 Å². The lowest BCUT2D eigenvalue weighted by Gasteiger charge is -1.94. The summed E-state index contributed by atoms with van der Waals surface area (Å²) in [4.78, 5) is 7.78. The van der Waals surface area contributed by atoms with Crippen molar-refractivity contribution in [2.24, 2.45) is 0 Å². The van der Waals surface area contributed by atoms with Gasteiger partial charge < -0.3 is 5.32 Å². The highest BCUT2D eigenvalue weighted by Gasteiger charge is 1.86. The van der Waals surface area contributed by atoms with Gasteiger partial charge in [-0.25, -0.2) is 9.97 Å². The molecule has 0 aliphatic rings. The van der Waals surface area contributed by atoms with Crippen LogP contribution in [0, 0.1) is 0 Å². The summed E-state index contributed by atoms with van der Waals surface area (Å²) < 4.78 is 0. The van der Waals surface area contributed by atoms with Crippen LogP contribution in [-0.4, -0.2) is 17.0 Å². The first-order valence-electron chi connectivity index (χ1n) is 3.83. The smallest absolute Gasteiger partial charge is 0.115 e. The quantitative estimate of drug-likeness (QED) is 0.694. The zero-order valence-electron chi connectivity index (χ0n) is 7.33. The van der Waals surface area contributed by atoms with E-state index in [0.717, 1.165) is 12.2 Å². The third-order valence-corrected chi connectivity index (χ3v) is 1.00. The van der Waals surface area contributed by atoms with E-state index in [0.29, 0.717) is 0 Å². The van der Waals surface area contributed by atoms with Gasteiger partial charge in [-0.2, -0.15) is 0 Å². The van der Waals surface area contributed by atoms with Gasteiger partial charge in [0.05, 0.1) is 5.69 Å². The van der Waals surface area contributed by atoms with Gasteiger partial charge in [0, 0.05) is 12.7 Å². The van der Waals surface area contributed by atoms with Crippen molar-refractivity contribution in [3.05, 3.63) is 24.3 Å². The average molecular weight is 153 g/mol. The molecule has 3 heteroatoms. The summed E-state index contributed by atoms with van der Waals surface area (Å²) in [7, 11) is 1.89. The lowest BCUT2D eigenvalue weighted by Crippen LogP contribution is -2.06. The molecule has 3 nitrogen and oxygen atoms in total. The van der Waals surface area contributed by atoms with E-state index in [9.17, 15) is 0 Å². The molecule has 0 saturated heterocycles. The van der Waals surface area contributed by atoms with Gasteiger partial charge in [0.1, 0.15) is 6.33 Å². The molecular formula is C8H15N3. The van der Waals surface area contributed by atoms with Crippen molar-refractivity contribution >= 4 is 0 Å². The fraction of sp³-hybridized carbons (Fsp3) is 0.500. The summed E-state index contributed by atoms with van der Waals surface area (Å²) in [5.41, 5.74) is 1.02. The third kappa shape index (κ3) is 4.44. The summed E-state index contributed by atoms with van der Waals surface area (Å²) >= 11 is 0. The predicted octanol–water partition coefficient (Wildman–Crippen LogP) is 1.22. The number of rotatable bonds is 2. The van der Waals surface area contributed by atoms with E-state index in [2.05, 4.69) is 15.3 Å². The van der Waals surface area contributed by atoms with Crippen LogP contribution in [0.15, 0.2) is 18.6 Å². The summed E-state index contributed by atoms with van der Waals surface area (Å²) in [6.45, 7) is 4.81. The van der Waals surface area contributed by atoms with Gasteiger partial charge in [-0.15, -0.1) is 0 Å². The molecule has 62 valence electrons. The normalized spacial score (nSPS) is 8.27. The molecule has 0 saturated carbocycles. The van der Waals surface area contributed by atoms with E-state index < -0.39 is 0 Å². The van der Waals surface area contributed by atoms with Gasteiger partial charge in [0.25, 0.3) is 0 Å². The average Bonchev–Trinajstić information content (AvgIpc) is 2.11. The lowest BCUT2D eigenvalue weighted by atomic mass is 10.4. The highest BCUT2D eigenvalue weighted by molar-refractivity contribution is 4.96. The Morgan fingerprint density at radius 2 is 2.18 bits per heavy atom. The Bertz CT molecular complexity index is 162. The predicted molar refractivity (Wildman–Crippen MR) is 46.1 cm³/mol. The van der Waals surface area contributed by atoms with Crippen LogP contribution in [0.25, 0.3) is 0 Å². The number of aromatic nitrogens is 2. The largest absolute Gasteiger partial charge is 0.314 e. The maximum atomic E-state index is 3.99. The molecule has 0 aliphatic carbocycles. The second kappa shape index (κ2) is 7.15. The highest BCUT2D eigenvalue weighted by atomic mass is 14.9. The van der Waals surface area contributed by atoms with Crippen LogP contribution in [0.1, 0.15) is 19.5 Å². The van der Waals surface area contributed by atoms with Crippen molar-refractivity contribution in [2.75, 3.05) is 7.05 Å². The molecule has 0 radical (unpaired) electrons. The molecule has 0 bridgehead atoms. The Balaban J connectivity index is 0.000000461. The topological polar surface area (TPSA) is 37.8 Å². The minimum absolute atomic E-state index is 0.808. The molecule has 1 N–H and O–H groups in total. The fourth-order valence-corrected chi connectivity index (χ4v) is 0.604. The molecule has 1 rings (SSSR count). The van der Waals surface area contributed by atoms with Crippen molar-refractivity contribution in [1.82, 2.24) is 15.3 Å². The zero-order chi connectivity index (χ0) is 8.53. The summed E-state index contributed by atoms with van der Waals surface area (Å²) in [6.07, 6.45) is 3.28. The summed E-state index contributed by atoms with van der Waals surface area (Å²) in [6, 6.07) is 1.89. The molecule has 0 spiro atoms. The maximum absolute atomic E-state index is 3.99. The minimum atomic E-state index is 0.808. The van der Waals surface area contributed by atoms with Gasteiger partial charge in [-0.1, -0.05) is 13.8 Å². The Morgan fingerprint density at radius 3 is 2.64 bits per heavy atom. The first kappa shape index (κ1) is 10.0. The Morgan fingerprint density at radius 1 is 1.45 bits per heavy atom. The van der Waals surface area contributed by atoms with Gasteiger partial charge in [-0.3, -0.25) is 0 Å². The highest BCUT2D eigenvalue weighted by Crippen LogP contribution is 1.87. The van der Waals surface area contributed by atoms with Crippen LogP contribution < -0.4 is 5.32 Å². The van der Waals surface area contributed by atoms with Crippen LogP contribution in [0.3, 0.4) is 0 Å². The first-order chi connectivity index (χ1) is 5.43. The first-order valence-corrected chi connectivity index (χ1v) is 3.83. The van der Waals surface area contributed by atoms with Crippen LogP contribution in [0.2, 0.25) is 0 Å². The fourth-order valence-electron chi connectivity index (χ4n) is 0.604. The molecule has 0 aliphatic heterocycles. The standard InChI is InChI=1S/C6H9N3.C2H6/c1-7-4-6-2-3-8-5-9-6;1-2/h2-3,5,7H,4H2,1H3;1-2H3. The van der Waals surface area contributed by atoms with E-state index in [4.69, 9.17) is 0 Å². The third-order valence-electron chi connectivity index (χ3n) is 1.00.